The van der Waals surface area contributed by atoms with Crippen molar-refractivity contribution < 1.29 is 23.1 Å². The van der Waals surface area contributed by atoms with E-state index < -0.39 is 40.2 Å². The lowest BCUT2D eigenvalue weighted by Gasteiger charge is -2.26. The van der Waals surface area contributed by atoms with Crippen molar-refractivity contribution in [1.82, 2.24) is 5.32 Å². The molecule has 0 aliphatic heterocycles. The van der Waals surface area contributed by atoms with Crippen molar-refractivity contribution in [3.8, 4) is 5.75 Å². The molecule has 8 heteroatoms. The topological polar surface area (TPSA) is 49.3 Å². The van der Waals surface area contributed by atoms with Crippen LogP contribution in [0.1, 0.15) is 17.3 Å². The van der Waals surface area contributed by atoms with Gasteiger partial charge in [-0.15, -0.1) is 23.2 Å². The summed E-state index contributed by atoms with van der Waals surface area (Å²) in [5, 5.41) is 11.3. The van der Waals surface area contributed by atoms with E-state index in [0.29, 0.717) is 6.07 Å². The second-order valence-corrected chi connectivity index (χ2v) is 4.70. The van der Waals surface area contributed by atoms with Gasteiger partial charge < -0.3 is 10.4 Å². The number of nitrogens with one attached hydrogen (secondary N) is 1. The van der Waals surface area contributed by atoms with Crippen LogP contribution in [-0.4, -0.2) is 28.3 Å². The number of phenolic OH excluding ortho intramolecular Hbond substituents is 1. The van der Waals surface area contributed by atoms with Crippen molar-refractivity contribution in [3.63, 3.8) is 0 Å². The maximum absolute atomic E-state index is 13.5. The fraction of sp³-hybridized carbons (Fsp3) is 0.364. The monoisotopic (exact) mass is 315 g/mol. The van der Waals surface area contributed by atoms with E-state index in [9.17, 15) is 18.0 Å². The first-order chi connectivity index (χ1) is 8.75. The van der Waals surface area contributed by atoms with Crippen LogP contribution in [0.4, 0.5) is 13.2 Å². The summed E-state index contributed by atoms with van der Waals surface area (Å²) in [5.41, 5.74) is -1.88. The lowest BCUT2D eigenvalue weighted by Crippen LogP contribution is -2.49. The molecular formula is C11H10Cl2F3NO2. The fourth-order valence-corrected chi connectivity index (χ4v) is 1.62. The summed E-state index contributed by atoms with van der Waals surface area (Å²) in [4.78, 5) is 11.7. The van der Waals surface area contributed by atoms with Gasteiger partial charge in [0.1, 0.15) is 0 Å². The number of benzene rings is 1. The molecule has 0 aliphatic rings. The van der Waals surface area contributed by atoms with Gasteiger partial charge in [0.2, 0.25) is 5.82 Å². The smallest absolute Gasteiger partial charge is 0.255 e. The quantitative estimate of drug-likeness (QED) is 0.663. The SMILES string of the molecule is CC(CCl)(CCl)NC(=O)c1cc(F)c(F)c(O)c1F. The summed E-state index contributed by atoms with van der Waals surface area (Å²) in [6.07, 6.45) is 0. The van der Waals surface area contributed by atoms with Gasteiger partial charge >= 0.3 is 0 Å². The van der Waals surface area contributed by atoms with E-state index in [-0.39, 0.29) is 11.8 Å². The molecule has 0 saturated heterocycles. The van der Waals surface area contributed by atoms with E-state index in [1.54, 1.807) is 0 Å². The lowest BCUT2D eigenvalue weighted by molar-refractivity contribution is 0.0915. The molecule has 0 aliphatic carbocycles. The first kappa shape index (κ1) is 15.9. The second-order valence-electron chi connectivity index (χ2n) is 4.16. The van der Waals surface area contributed by atoms with Gasteiger partial charge in [-0.3, -0.25) is 4.79 Å². The summed E-state index contributed by atoms with van der Waals surface area (Å²) in [5.74, 6) is -7.60. The highest BCUT2D eigenvalue weighted by atomic mass is 35.5. The van der Waals surface area contributed by atoms with Crippen molar-refractivity contribution in [2.24, 2.45) is 0 Å². The Hall–Kier alpha value is -1.14. The molecule has 106 valence electrons. The van der Waals surface area contributed by atoms with Crippen molar-refractivity contribution in [2.45, 2.75) is 12.5 Å². The zero-order chi connectivity index (χ0) is 14.8. The Morgan fingerprint density at radius 3 is 2.32 bits per heavy atom. The molecule has 1 aromatic carbocycles. The number of amides is 1. The van der Waals surface area contributed by atoms with E-state index >= 15 is 0 Å². The van der Waals surface area contributed by atoms with Gasteiger partial charge in [0.05, 0.1) is 11.1 Å². The second kappa shape index (κ2) is 5.88. The van der Waals surface area contributed by atoms with Crippen LogP contribution in [0.2, 0.25) is 0 Å². The summed E-state index contributed by atoms with van der Waals surface area (Å²) >= 11 is 11.2. The number of halogens is 5. The van der Waals surface area contributed by atoms with Crippen LogP contribution in [-0.2, 0) is 0 Å². The molecule has 1 rings (SSSR count). The van der Waals surface area contributed by atoms with E-state index in [1.165, 1.54) is 6.92 Å². The van der Waals surface area contributed by atoms with Crippen molar-refractivity contribution in [2.75, 3.05) is 11.8 Å². The summed E-state index contributed by atoms with van der Waals surface area (Å²) < 4.78 is 39.4. The molecular weight excluding hydrogens is 306 g/mol. The number of hydrogen-bond acceptors (Lipinski definition) is 2. The van der Waals surface area contributed by atoms with Crippen LogP contribution in [0, 0.1) is 17.5 Å². The van der Waals surface area contributed by atoms with Gasteiger partial charge in [-0.25, -0.2) is 8.78 Å². The molecule has 0 bridgehead atoms. The molecule has 0 fully saturated rings. The Bertz CT molecular complexity index is 507. The Morgan fingerprint density at radius 2 is 1.84 bits per heavy atom. The van der Waals surface area contributed by atoms with Gasteiger partial charge in [0.15, 0.2) is 17.4 Å². The maximum atomic E-state index is 13.5. The van der Waals surface area contributed by atoms with Gasteiger partial charge in [-0.1, -0.05) is 0 Å². The standard InChI is InChI=1S/C11H10Cl2F3NO2/c1-11(3-12,4-13)17-10(19)5-2-6(14)8(16)9(18)7(5)15/h2,18H,3-4H2,1H3,(H,17,19). The van der Waals surface area contributed by atoms with E-state index in [0.717, 1.165) is 0 Å². The maximum Gasteiger partial charge on any atom is 0.255 e. The minimum atomic E-state index is -1.76. The zero-order valence-corrected chi connectivity index (χ0v) is 11.2. The molecule has 3 nitrogen and oxygen atoms in total. The van der Waals surface area contributed by atoms with Crippen molar-refractivity contribution in [1.29, 1.82) is 0 Å². The molecule has 0 atom stereocenters. The molecule has 0 radical (unpaired) electrons. The molecule has 2 N–H and O–H groups in total. The van der Waals surface area contributed by atoms with E-state index in [4.69, 9.17) is 28.3 Å². The predicted molar refractivity (Wildman–Crippen MR) is 65.3 cm³/mol. The van der Waals surface area contributed by atoms with E-state index in [1.807, 2.05) is 0 Å². The third kappa shape index (κ3) is 3.25. The van der Waals surface area contributed by atoms with Gasteiger partial charge in [0.25, 0.3) is 5.91 Å². The van der Waals surface area contributed by atoms with Gasteiger partial charge in [-0.2, -0.15) is 4.39 Å². The largest absolute Gasteiger partial charge is 0.503 e. The fourth-order valence-electron chi connectivity index (χ4n) is 1.20. The molecule has 0 heterocycles. The third-order valence-electron chi connectivity index (χ3n) is 2.38. The third-order valence-corrected chi connectivity index (χ3v) is 3.56. The van der Waals surface area contributed by atoms with Crippen LogP contribution in [0.5, 0.6) is 5.75 Å². The first-order valence-electron chi connectivity index (χ1n) is 5.06. The highest BCUT2D eigenvalue weighted by Crippen LogP contribution is 2.26. The van der Waals surface area contributed by atoms with Crippen LogP contribution < -0.4 is 5.32 Å². The average Bonchev–Trinajstić information content (AvgIpc) is 2.40. The molecule has 0 unspecified atom stereocenters. The molecule has 0 aromatic heterocycles. The number of rotatable bonds is 4. The summed E-state index contributed by atoms with van der Waals surface area (Å²) in [7, 11) is 0. The van der Waals surface area contributed by atoms with Crippen LogP contribution in [0.15, 0.2) is 6.07 Å². The minimum Gasteiger partial charge on any atom is -0.503 e. The minimum absolute atomic E-state index is 0.0699. The van der Waals surface area contributed by atoms with E-state index in [2.05, 4.69) is 5.32 Å². The normalized spacial score (nSPS) is 11.5. The Morgan fingerprint density at radius 1 is 1.32 bits per heavy atom. The summed E-state index contributed by atoms with van der Waals surface area (Å²) in [6.45, 7) is 1.49. The number of hydrogen-bond donors (Lipinski definition) is 2. The van der Waals surface area contributed by atoms with Gasteiger partial charge in [0, 0.05) is 11.8 Å². The van der Waals surface area contributed by atoms with Crippen molar-refractivity contribution >= 4 is 29.1 Å². The lowest BCUT2D eigenvalue weighted by atomic mass is 10.1. The Balaban J connectivity index is 3.15. The summed E-state index contributed by atoms with van der Waals surface area (Å²) in [6, 6.07) is 0.350. The zero-order valence-electron chi connectivity index (χ0n) is 9.74. The van der Waals surface area contributed by atoms with Crippen molar-refractivity contribution in [3.05, 3.63) is 29.1 Å². The first-order valence-corrected chi connectivity index (χ1v) is 6.13. The number of carbonyl (C=O) groups excluding carboxylic acids is 1. The predicted octanol–water partition coefficient (Wildman–Crippen LogP) is 2.78. The molecule has 0 saturated carbocycles. The van der Waals surface area contributed by atoms with Crippen LogP contribution in [0.3, 0.4) is 0 Å². The number of aromatic hydroxyl groups is 1. The molecule has 19 heavy (non-hydrogen) atoms. The highest BCUT2D eigenvalue weighted by Gasteiger charge is 2.28. The van der Waals surface area contributed by atoms with Crippen LogP contribution in [0.25, 0.3) is 0 Å². The Kier molecular flexibility index (Phi) is 4.92. The highest BCUT2D eigenvalue weighted by molar-refractivity contribution is 6.22. The average molecular weight is 316 g/mol. The molecule has 1 aromatic rings. The number of phenols is 1. The number of alkyl halides is 2. The van der Waals surface area contributed by atoms with Gasteiger partial charge in [-0.05, 0) is 13.0 Å². The Labute approximate surface area is 117 Å². The molecule has 0 spiro atoms. The molecule has 1 amide bonds. The number of carbonyl (C=O) groups is 1. The van der Waals surface area contributed by atoms with Crippen LogP contribution >= 0.6 is 23.2 Å².